The largest absolute Gasteiger partial charge is 0.352 e. The van der Waals surface area contributed by atoms with E-state index in [2.05, 4.69) is 22.4 Å². The van der Waals surface area contributed by atoms with Gasteiger partial charge in [-0.1, -0.05) is 25.1 Å². The Balaban J connectivity index is 1.97. The smallest absolute Gasteiger partial charge is 0.343 e. The van der Waals surface area contributed by atoms with Crippen molar-refractivity contribution >= 4 is 17.7 Å². The maximum absolute atomic E-state index is 11.9. The summed E-state index contributed by atoms with van der Waals surface area (Å²) >= 11 is 1.33. The first-order valence-corrected chi connectivity index (χ1v) is 7.62. The van der Waals surface area contributed by atoms with Crippen molar-refractivity contribution in [3.8, 4) is 0 Å². The standard InChI is InChI=1S/C12H20N4O2S/c1-3-4-7-16-11(18)14-15-12(16)19-8(2)10(17)13-9-5-6-9/h8-9H,3-7H2,1-2H3,(H,13,17)(H,14,18)/t8-/m1/s1. The van der Waals surface area contributed by atoms with Crippen LogP contribution >= 0.6 is 11.8 Å². The van der Waals surface area contributed by atoms with Crippen LogP contribution < -0.4 is 11.0 Å². The van der Waals surface area contributed by atoms with Gasteiger partial charge in [-0.2, -0.15) is 0 Å². The Morgan fingerprint density at radius 2 is 2.37 bits per heavy atom. The monoisotopic (exact) mass is 284 g/mol. The van der Waals surface area contributed by atoms with Crippen molar-refractivity contribution in [1.82, 2.24) is 20.1 Å². The van der Waals surface area contributed by atoms with Crippen molar-refractivity contribution in [3.05, 3.63) is 10.5 Å². The second-order valence-corrected chi connectivity index (χ2v) is 6.17. The van der Waals surface area contributed by atoms with Crippen LogP contribution in [0.3, 0.4) is 0 Å². The average Bonchev–Trinajstić information content (AvgIpc) is 3.13. The molecule has 1 aromatic heterocycles. The van der Waals surface area contributed by atoms with Gasteiger partial charge in [0, 0.05) is 12.6 Å². The summed E-state index contributed by atoms with van der Waals surface area (Å²) in [4.78, 5) is 23.5. The van der Waals surface area contributed by atoms with Gasteiger partial charge < -0.3 is 5.32 Å². The predicted octanol–water partition coefficient (Wildman–Crippen LogP) is 1.13. The molecule has 1 atom stereocenters. The summed E-state index contributed by atoms with van der Waals surface area (Å²) in [5.41, 5.74) is -0.203. The fourth-order valence-electron chi connectivity index (χ4n) is 1.66. The van der Waals surface area contributed by atoms with E-state index in [0.29, 0.717) is 17.7 Å². The number of thioether (sulfide) groups is 1. The van der Waals surface area contributed by atoms with E-state index < -0.39 is 0 Å². The number of H-pyrrole nitrogens is 1. The Bertz CT molecular complexity index is 492. The molecule has 2 rings (SSSR count). The molecule has 6 nitrogen and oxygen atoms in total. The molecule has 0 bridgehead atoms. The topological polar surface area (TPSA) is 79.8 Å². The van der Waals surface area contributed by atoms with Gasteiger partial charge in [-0.15, -0.1) is 5.10 Å². The zero-order valence-electron chi connectivity index (χ0n) is 11.3. The summed E-state index contributed by atoms with van der Waals surface area (Å²) in [6, 6.07) is 0.358. The lowest BCUT2D eigenvalue weighted by Crippen LogP contribution is -2.32. The Hall–Kier alpha value is -1.24. The van der Waals surface area contributed by atoms with Crippen LogP contribution in [0, 0.1) is 0 Å². The van der Waals surface area contributed by atoms with Crippen LogP contribution in [-0.2, 0) is 11.3 Å². The number of nitrogens with zero attached hydrogens (tertiary/aromatic N) is 2. The van der Waals surface area contributed by atoms with E-state index in [0.717, 1.165) is 25.7 Å². The zero-order chi connectivity index (χ0) is 13.8. The van der Waals surface area contributed by atoms with Gasteiger partial charge in [0.25, 0.3) is 0 Å². The van der Waals surface area contributed by atoms with Gasteiger partial charge in [-0.25, -0.2) is 9.89 Å². The van der Waals surface area contributed by atoms with Gasteiger partial charge in [-0.05, 0) is 26.2 Å². The highest BCUT2D eigenvalue weighted by molar-refractivity contribution is 8.00. The molecule has 0 saturated heterocycles. The molecule has 0 aliphatic heterocycles. The van der Waals surface area contributed by atoms with E-state index in [-0.39, 0.29) is 16.8 Å². The predicted molar refractivity (Wildman–Crippen MR) is 74.2 cm³/mol. The molecule has 1 heterocycles. The first-order valence-electron chi connectivity index (χ1n) is 6.74. The van der Waals surface area contributed by atoms with E-state index in [9.17, 15) is 9.59 Å². The number of nitrogens with one attached hydrogen (secondary N) is 2. The quantitative estimate of drug-likeness (QED) is 0.736. The van der Waals surface area contributed by atoms with Gasteiger partial charge >= 0.3 is 5.69 Å². The van der Waals surface area contributed by atoms with Crippen molar-refractivity contribution in [2.24, 2.45) is 0 Å². The van der Waals surface area contributed by atoms with E-state index in [4.69, 9.17) is 0 Å². The van der Waals surface area contributed by atoms with Crippen LogP contribution in [0.25, 0.3) is 0 Å². The highest BCUT2D eigenvalue weighted by atomic mass is 32.2. The molecule has 1 aliphatic carbocycles. The summed E-state index contributed by atoms with van der Waals surface area (Å²) in [6.07, 6.45) is 4.09. The summed E-state index contributed by atoms with van der Waals surface area (Å²) in [5, 5.41) is 9.76. The lowest BCUT2D eigenvalue weighted by atomic mass is 10.3. The second-order valence-electron chi connectivity index (χ2n) is 4.86. The highest BCUT2D eigenvalue weighted by Crippen LogP contribution is 2.23. The maximum atomic E-state index is 11.9. The molecule has 1 amide bonds. The van der Waals surface area contributed by atoms with Gasteiger partial charge in [0.15, 0.2) is 5.16 Å². The van der Waals surface area contributed by atoms with Crippen LogP contribution in [0.2, 0.25) is 0 Å². The van der Waals surface area contributed by atoms with Crippen molar-refractivity contribution < 1.29 is 4.79 Å². The van der Waals surface area contributed by atoms with Gasteiger partial charge in [0.2, 0.25) is 5.91 Å². The first-order chi connectivity index (χ1) is 9.11. The molecular weight excluding hydrogens is 264 g/mol. The highest BCUT2D eigenvalue weighted by Gasteiger charge is 2.26. The zero-order valence-corrected chi connectivity index (χ0v) is 12.1. The molecule has 0 unspecified atom stereocenters. The minimum atomic E-state index is -0.240. The number of carbonyl (C=O) groups is 1. The van der Waals surface area contributed by atoms with E-state index in [1.807, 2.05) is 6.92 Å². The van der Waals surface area contributed by atoms with Gasteiger partial charge in [-0.3, -0.25) is 9.36 Å². The van der Waals surface area contributed by atoms with E-state index in [1.54, 1.807) is 4.57 Å². The number of aromatic nitrogens is 3. The number of hydrogen-bond acceptors (Lipinski definition) is 4. The second kappa shape index (κ2) is 6.27. The molecule has 1 fully saturated rings. The number of rotatable bonds is 7. The fourth-order valence-corrected chi connectivity index (χ4v) is 2.56. The molecular formula is C12H20N4O2S. The maximum Gasteiger partial charge on any atom is 0.343 e. The van der Waals surface area contributed by atoms with E-state index in [1.165, 1.54) is 11.8 Å². The fraction of sp³-hybridized carbons (Fsp3) is 0.750. The Kier molecular flexibility index (Phi) is 4.68. The molecule has 0 aromatic carbocycles. The summed E-state index contributed by atoms with van der Waals surface area (Å²) < 4.78 is 1.61. The number of hydrogen-bond donors (Lipinski definition) is 2. The van der Waals surface area contributed by atoms with Crippen molar-refractivity contribution in [3.63, 3.8) is 0 Å². The summed E-state index contributed by atoms with van der Waals surface area (Å²) in [6.45, 7) is 4.56. The number of unbranched alkanes of at least 4 members (excludes halogenated alkanes) is 1. The average molecular weight is 284 g/mol. The summed E-state index contributed by atoms with van der Waals surface area (Å²) in [5.74, 6) is 0.0185. The van der Waals surface area contributed by atoms with Gasteiger partial charge in [0.05, 0.1) is 5.25 Å². The molecule has 106 valence electrons. The summed E-state index contributed by atoms with van der Waals surface area (Å²) in [7, 11) is 0. The van der Waals surface area contributed by atoms with Crippen LogP contribution in [0.4, 0.5) is 0 Å². The van der Waals surface area contributed by atoms with Gasteiger partial charge in [0.1, 0.15) is 0 Å². The number of aromatic amines is 1. The Morgan fingerprint density at radius 1 is 1.63 bits per heavy atom. The first kappa shape index (κ1) is 14.2. The van der Waals surface area contributed by atoms with Crippen molar-refractivity contribution in [2.45, 2.75) is 62.5 Å². The normalized spacial score (nSPS) is 16.3. The molecule has 1 saturated carbocycles. The van der Waals surface area contributed by atoms with Crippen molar-refractivity contribution in [2.75, 3.05) is 0 Å². The molecule has 0 radical (unpaired) electrons. The minimum absolute atomic E-state index is 0.0185. The third-order valence-corrected chi connectivity index (χ3v) is 4.12. The van der Waals surface area contributed by atoms with Crippen LogP contribution in [0.15, 0.2) is 9.95 Å². The number of carbonyl (C=O) groups excluding carboxylic acids is 1. The molecule has 1 aliphatic rings. The number of amides is 1. The molecule has 1 aromatic rings. The van der Waals surface area contributed by atoms with Crippen LogP contribution in [0.1, 0.15) is 39.5 Å². The van der Waals surface area contributed by atoms with E-state index >= 15 is 0 Å². The Labute approximate surface area is 116 Å². The van der Waals surface area contributed by atoms with Crippen LogP contribution in [-0.4, -0.2) is 32.0 Å². The SMILES string of the molecule is CCCCn1c(S[C@H](C)C(=O)NC2CC2)n[nH]c1=O. The molecule has 0 spiro atoms. The Morgan fingerprint density at radius 3 is 3.00 bits per heavy atom. The third kappa shape index (κ3) is 3.86. The molecule has 19 heavy (non-hydrogen) atoms. The minimum Gasteiger partial charge on any atom is -0.352 e. The molecule has 2 N–H and O–H groups in total. The van der Waals surface area contributed by atoms with Crippen LogP contribution in [0.5, 0.6) is 0 Å². The van der Waals surface area contributed by atoms with Crippen molar-refractivity contribution in [1.29, 1.82) is 0 Å². The lowest BCUT2D eigenvalue weighted by Gasteiger charge is -2.11. The molecule has 7 heteroatoms. The third-order valence-electron chi connectivity index (χ3n) is 3.03. The lowest BCUT2D eigenvalue weighted by molar-refractivity contribution is -0.120.